The Morgan fingerprint density at radius 3 is 2.85 bits per heavy atom. The van der Waals surface area contributed by atoms with Gasteiger partial charge in [-0.3, -0.25) is 4.79 Å². The van der Waals surface area contributed by atoms with Crippen LogP contribution in [0.4, 0.5) is 5.13 Å². The minimum atomic E-state index is -0.237. The summed E-state index contributed by atoms with van der Waals surface area (Å²) in [6, 6.07) is 7.57. The van der Waals surface area contributed by atoms with Crippen molar-refractivity contribution in [2.75, 3.05) is 19.0 Å². The van der Waals surface area contributed by atoms with Crippen LogP contribution in [0.5, 0.6) is 11.5 Å². The first-order chi connectivity index (χ1) is 12.6. The summed E-state index contributed by atoms with van der Waals surface area (Å²) in [7, 11) is 1.57. The molecule has 0 fully saturated rings. The zero-order valence-electron chi connectivity index (χ0n) is 14.9. The van der Waals surface area contributed by atoms with Gasteiger partial charge >= 0.3 is 0 Å². The van der Waals surface area contributed by atoms with Crippen LogP contribution in [0.1, 0.15) is 37.3 Å². The first-order valence-corrected chi connectivity index (χ1v) is 8.93. The Labute approximate surface area is 156 Å². The van der Waals surface area contributed by atoms with Crippen LogP contribution in [-0.4, -0.2) is 29.8 Å². The number of anilines is 1. The third kappa shape index (κ3) is 5.29. The first kappa shape index (κ1) is 19.4. The summed E-state index contributed by atoms with van der Waals surface area (Å²) in [5.74, 6) is 1.03. The highest BCUT2D eigenvalue weighted by atomic mass is 32.1. The molecule has 0 aliphatic rings. The number of allylic oxidation sites excluding steroid dienone is 1. The van der Waals surface area contributed by atoms with Gasteiger partial charge in [0, 0.05) is 6.92 Å². The normalized spacial score (nSPS) is 10.9. The smallest absolute Gasteiger partial charge is 0.223 e. The van der Waals surface area contributed by atoms with E-state index in [1.807, 2.05) is 12.1 Å². The number of methoxy groups -OCH3 is 1. The summed E-state index contributed by atoms with van der Waals surface area (Å²) in [6.45, 7) is 4.11. The molecular formula is C18H20N4O3S. The second-order valence-electron chi connectivity index (χ2n) is 5.38. The number of aromatic nitrogens is 2. The average molecular weight is 372 g/mol. The molecule has 2 aromatic rings. The largest absolute Gasteiger partial charge is 0.493 e. The SMILES string of the molecule is CCCCOc1ccc(/C=C(\C#N)c2nnc(NC(C)=O)s2)cc1OC. The van der Waals surface area contributed by atoms with Crippen molar-refractivity contribution in [3.8, 4) is 17.6 Å². The summed E-state index contributed by atoms with van der Waals surface area (Å²) in [5, 5.41) is 20.6. The number of ether oxygens (including phenoxy) is 2. The highest BCUT2D eigenvalue weighted by Crippen LogP contribution is 2.30. The fourth-order valence-electron chi connectivity index (χ4n) is 2.06. The molecule has 136 valence electrons. The lowest BCUT2D eigenvalue weighted by Crippen LogP contribution is -2.04. The number of hydrogen-bond acceptors (Lipinski definition) is 7. The molecule has 0 saturated heterocycles. The Balaban J connectivity index is 2.24. The van der Waals surface area contributed by atoms with Gasteiger partial charge in [0.05, 0.1) is 19.3 Å². The van der Waals surface area contributed by atoms with E-state index in [2.05, 4.69) is 28.5 Å². The Kier molecular flexibility index (Phi) is 7.12. The molecule has 7 nitrogen and oxygen atoms in total. The molecule has 1 aromatic carbocycles. The minimum Gasteiger partial charge on any atom is -0.493 e. The number of hydrogen-bond donors (Lipinski definition) is 1. The molecule has 0 atom stereocenters. The standard InChI is InChI=1S/C18H20N4O3S/c1-4-5-8-25-15-7-6-13(10-16(15)24-3)9-14(11-19)17-21-22-18(26-17)20-12(2)23/h6-7,9-10H,4-5,8H2,1-3H3,(H,20,22,23)/b14-9+. The molecule has 1 N–H and O–H groups in total. The van der Waals surface area contributed by atoms with Gasteiger partial charge in [0.2, 0.25) is 11.0 Å². The molecule has 1 amide bonds. The van der Waals surface area contributed by atoms with E-state index in [4.69, 9.17) is 9.47 Å². The molecule has 0 bridgehead atoms. The number of nitriles is 1. The molecule has 0 spiro atoms. The third-order valence-electron chi connectivity index (χ3n) is 3.31. The minimum absolute atomic E-state index is 0.237. The summed E-state index contributed by atoms with van der Waals surface area (Å²) in [4.78, 5) is 11.1. The number of nitrogens with one attached hydrogen (secondary N) is 1. The molecule has 2 rings (SSSR count). The maximum absolute atomic E-state index is 11.1. The molecule has 26 heavy (non-hydrogen) atoms. The fraction of sp³-hybridized carbons (Fsp3) is 0.333. The zero-order valence-corrected chi connectivity index (χ0v) is 15.7. The van der Waals surface area contributed by atoms with Gasteiger partial charge in [0.1, 0.15) is 6.07 Å². The molecule has 8 heteroatoms. The summed E-state index contributed by atoms with van der Waals surface area (Å²) < 4.78 is 11.1. The van der Waals surface area contributed by atoms with Crippen molar-refractivity contribution < 1.29 is 14.3 Å². The molecule has 0 unspecified atom stereocenters. The van der Waals surface area contributed by atoms with Crippen LogP contribution in [0.25, 0.3) is 11.6 Å². The van der Waals surface area contributed by atoms with E-state index in [1.165, 1.54) is 6.92 Å². The molecule has 1 heterocycles. The number of nitrogens with zero attached hydrogens (tertiary/aromatic N) is 3. The number of rotatable bonds is 8. The van der Waals surface area contributed by atoms with Gasteiger partial charge in [0.15, 0.2) is 16.5 Å². The van der Waals surface area contributed by atoms with Crippen LogP contribution in [0.3, 0.4) is 0 Å². The highest BCUT2D eigenvalue weighted by molar-refractivity contribution is 7.16. The van der Waals surface area contributed by atoms with Crippen molar-refractivity contribution >= 4 is 34.0 Å². The Morgan fingerprint density at radius 1 is 1.38 bits per heavy atom. The third-order valence-corrected chi connectivity index (χ3v) is 4.18. The van der Waals surface area contributed by atoms with Crippen molar-refractivity contribution in [1.29, 1.82) is 5.26 Å². The average Bonchev–Trinajstić information content (AvgIpc) is 3.08. The second kappa shape index (κ2) is 9.53. The maximum atomic E-state index is 11.1. The number of carbonyl (C=O) groups is 1. The lowest BCUT2D eigenvalue weighted by molar-refractivity contribution is -0.114. The number of benzene rings is 1. The highest BCUT2D eigenvalue weighted by Gasteiger charge is 2.11. The molecular weight excluding hydrogens is 352 g/mol. The van der Waals surface area contributed by atoms with Gasteiger partial charge in [-0.15, -0.1) is 10.2 Å². The summed E-state index contributed by atoms with van der Waals surface area (Å²) in [5.41, 5.74) is 1.12. The van der Waals surface area contributed by atoms with E-state index in [0.717, 1.165) is 29.7 Å². The first-order valence-electron chi connectivity index (χ1n) is 8.11. The number of carbonyl (C=O) groups excluding carboxylic acids is 1. The Bertz CT molecular complexity index is 839. The van der Waals surface area contributed by atoms with E-state index in [-0.39, 0.29) is 5.91 Å². The van der Waals surface area contributed by atoms with Gasteiger partial charge in [-0.1, -0.05) is 30.7 Å². The number of amides is 1. The Hall–Kier alpha value is -2.92. The topological polar surface area (TPSA) is 97.1 Å². The molecule has 1 aromatic heterocycles. The van der Waals surface area contributed by atoms with Crippen molar-refractivity contribution in [3.63, 3.8) is 0 Å². The molecule has 0 aliphatic carbocycles. The fourth-order valence-corrected chi connectivity index (χ4v) is 2.82. The predicted molar refractivity (Wildman–Crippen MR) is 101 cm³/mol. The van der Waals surface area contributed by atoms with Crippen LogP contribution in [0.2, 0.25) is 0 Å². The van der Waals surface area contributed by atoms with Crippen molar-refractivity contribution in [2.24, 2.45) is 0 Å². The van der Waals surface area contributed by atoms with Crippen LogP contribution in [-0.2, 0) is 4.79 Å². The van der Waals surface area contributed by atoms with E-state index in [9.17, 15) is 10.1 Å². The summed E-state index contributed by atoms with van der Waals surface area (Å²) in [6.07, 6.45) is 3.71. The van der Waals surface area contributed by atoms with E-state index < -0.39 is 0 Å². The molecule has 0 radical (unpaired) electrons. The van der Waals surface area contributed by atoms with Gasteiger partial charge in [-0.05, 0) is 30.2 Å². The predicted octanol–water partition coefficient (Wildman–Crippen LogP) is 3.75. The van der Waals surface area contributed by atoms with E-state index in [0.29, 0.717) is 33.8 Å². The van der Waals surface area contributed by atoms with Gasteiger partial charge in [0.25, 0.3) is 0 Å². The summed E-state index contributed by atoms with van der Waals surface area (Å²) >= 11 is 1.14. The van der Waals surface area contributed by atoms with Crippen molar-refractivity contribution in [1.82, 2.24) is 10.2 Å². The van der Waals surface area contributed by atoms with E-state index >= 15 is 0 Å². The second-order valence-corrected chi connectivity index (χ2v) is 6.35. The zero-order chi connectivity index (χ0) is 18.9. The molecule has 0 aliphatic heterocycles. The van der Waals surface area contributed by atoms with Crippen LogP contribution < -0.4 is 14.8 Å². The number of unbranched alkanes of at least 4 members (excludes halogenated alkanes) is 1. The monoisotopic (exact) mass is 372 g/mol. The van der Waals surface area contributed by atoms with Gasteiger partial charge in [-0.25, -0.2) is 0 Å². The lowest BCUT2D eigenvalue weighted by atomic mass is 10.1. The van der Waals surface area contributed by atoms with Crippen LogP contribution in [0, 0.1) is 11.3 Å². The lowest BCUT2D eigenvalue weighted by Gasteiger charge is -2.11. The Morgan fingerprint density at radius 2 is 2.19 bits per heavy atom. The van der Waals surface area contributed by atoms with Crippen molar-refractivity contribution in [2.45, 2.75) is 26.7 Å². The van der Waals surface area contributed by atoms with Gasteiger partial charge in [-0.2, -0.15) is 5.26 Å². The van der Waals surface area contributed by atoms with Gasteiger partial charge < -0.3 is 14.8 Å². The molecule has 0 saturated carbocycles. The maximum Gasteiger partial charge on any atom is 0.223 e. The van der Waals surface area contributed by atoms with Crippen molar-refractivity contribution in [3.05, 3.63) is 28.8 Å². The van der Waals surface area contributed by atoms with Crippen LogP contribution in [0.15, 0.2) is 18.2 Å². The van der Waals surface area contributed by atoms with Crippen LogP contribution >= 0.6 is 11.3 Å². The van der Waals surface area contributed by atoms with E-state index in [1.54, 1.807) is 19.3 Å². The quantitative estimate of drug-likeness (QED) is 0.560.